The van der Waals surface area contributed by atoms with E-state index < -0.39 is 15.8 Å². The van der Waals surface area contributed by atoms with Gasteiger partial charge in [-0.1, -0.05) is 54.1 Å². The zero-order valence-electron chi connectivity index (χ0n) is 18.0. The lowest BCUT2D eigenvalue weighted by atomic mass is 10.0. The van der Waals surface area contributed by atoms with Crippen LogP contribution in [0.4, 0.5) is 5.69 Å². The second kappa shape index (κ2) is 8.57. The monoisotopic (exact) mass is 507 g/mol. The van der Waals surface area contributed by atoms with Crippen molar-refractivity contribution in [2.24, 2.45) is 0 Å². The van der Waals surface area contributed by atoms with Gasteiger partial charge in [-0.05, 0) is 29.3 Å². The van der Waals surface area contributed by atoms with Crippen LogP contribution in [0.25, 0.3) is 28.1 Å². The van der Waals surface area contributed by atoms with Gasteiger partial charge in [0.2, 0.25) is 5.95 Å². The number of H-pyrrole nitrogens is 1. The number of carbonyl (C=O) groups is 1. The molecule has 0 aliphatic rings. The van der Waals surface area contributed by atoms with Crippen LogP contribution in [0.3, 0.4) is 0 Å². The number of nitrogens with two attached hydrogens (primary N) is 1. The first-order valence-corrected chi connectivity index (χ1v) is 12.4. The molecule has 0 radical (unpaired) electrons. The summed E-state index contributed by atoms with van der Waals surface area (Å²) < 4.78 is 27.7. The van der Waals surface area contributed by atoms with Crippen LogP contribution in [-0.4, -0.2) is 39.2 Å². The van der Waals surface area contributed by atoms with Crippen molar-refractivity contribution < 1.29 is 18.3 Å². The minimum atomic E-state index is -3.79. The Balaban J connectivity index is 1.44. The van der Waals surface area contributed by atoms with Crippen LogP contribution in [-0.2, 0) is 15.6 Å². The summed E-state index contributed by atoms with van der Waals surface area (Å²) in [6.07, 6.45) is 2.49. The lowest BCUT2D eigenvalue weighted by Gasteiger charge is -2.09. The van der Waals surface area contributed by atoms with Gasteiger partial charge in [0.1, 0.15) is 0 Å². The van der Waals surface area contributed by atoms with E-state index in [0.717, 1.165) is 11.1 Å². The highest BCUT2D eigenvalue weighted by atomic mass is 35.5. The summed E-state index contributed by atoms with van der Waals surface area (Å²) in [5.74, 6) is -1.14. The normalized spacial score (nSPS) is 11.7. The van der Waals surface area contributed by atoms with Gasteiger partial charge in [-0.3, -0.25) is 0 Å². The molecule has 5 rings (SSSR count). The highest BCUT2D eigenvalue weighted by molar-refractivity contribution is 7.90. The summed E-state index contributed by atoms with van der Waals surface area (Å²) in [4.78, 5) is 18.4. The van der Waals surface area contributed by atoms with Gasteiger partial charge in [-0.25, -0.2) is 22.9 Å². The number of nitrogens with one attached hydrogen (secondary N) is 1. The molecule has 0 atom stereocenters. The highest BCUT2D eigenvalue weighted by Crippen LogP contribution is 2.31. The number of anilines is 1. The zero-order valence-corrected chi connectivity index (χ0v) is 19.6. The molecule has 0 aliphatic heterocycles. The molecule has 3 aromatic carbocycles. The Labute approximate surface area is 204 Å². The minimum absolute atomic E-state index is 0.00674. The first-order valence-electron chi connectivity index (χ1n) is 10.4. The third kappa shape index (κ3) is 4.36. The first kappa shape index (κ1) is 22.6. The number of nitrogen functional groups attached to an aromatic ring is 1. The number of benzene rings is 3. The number of halogens is 1. The van der Waals surface area contributed by atoms with Gasteiger partial charge >= 0.3 is 5.97 Å². The van der Waals surface area contributed by atoms with Crippen molar-refractivity contribution in [1.82, 2.24) is 19.7 Å². The third-order valence-corrected chi connectivity index (χ3v) is 7.63. The fourth-order valence-electron chi connectivity index (χ4n) is 3.73. The molecule has 0 fully saturated rings. The van der Waals surface area contributed by atoms with E-state index in [4.69, 9.17) is 22.4 Å². The number of sulfone groups is 1. The maximum atomic E-state index is 13.2. The van der Waals surface area contributed by atoms with Crippen molar-refractivity contribution in [1.29, 1.82) is 0 Å². The molecule has 0 spiro atoms. The van der Waals surface area contributed by atoms with Crippen LogP contribution < -0.4 is 5.73 Å². The number of aromatic amines is 1. The molecular weight excluding hydrogens is 490 g/mol. The van der Waals surface area contributed by atoms with Crippen LogP contribution >= 0.6 is 11.6 Å². The molecule has 0 saturated carbocycles. The molecule has 0 amide bonds. The molecule has 0 aliphatic carbocycles. The van der Waals surface area contributed by atoms with Crippen molar-refractivity contribution >= 4 is 44.1 Å². The molecule has 4 N–H and O–H groups in total. The van der Waals surface area contributed by atoms with Crippen LogP contribution in [0, 0.1) is 0 Å². The molecule has 5 aromatic rings. The molecule has 0 bridgehead atoms. The Morgan fingerprint density at radius 3 is 2.54 bits per heavy atom. The van der Waals surface area contributed by atoms with E-state index in [9.17, 15) is 13.2 Å². The number of carboxylic acid groups (broad SMARTS) is 1. The maximum Gasteiger partial charge on any atom is 0.338 e. The van der Waals surface area contributed by atoms with Crippen LogP contribution in [0.15, 0.2) is 78.0 Å². The minimum Gasteiger partial charge on any atom is -0.478 e. The Morgan fingerprint density at radius 2 is 1.86 bits per heavy atom. The average Bonchev–Trinajstić information content (AvgIpc) is 3.46. The smallest absolute Gasteiger partial charge is 0.338 e. The van der Waals surface area contributed by atoms with Crippen molar-refractivity contribution in [3.8, 4) is 17.1 Å². The van der Waals surface area contributed by atoms with Crippen molar-refractivity contribution in [3.63, 3.8) is 0 Å². The first-order chi connectivity index (χ1) is 16.7. The number of fused-ring (bicyclic) bond motifs is 1. The summed E-state index contributed by atoms with van der Waals surface area (Å²) in [7, 11) is -3.79. The fraction of sp³-hybridized carbons (Fsp3) is 0.0417. The number of hydrogen-bond donors (Lipinski definition) is 3. The number of carboxylic acids is 1. The van der Waals surface area contributed by atoms with Gasteiger partial charge < -0.3 is 15.8 Å². The van der Waals surface area contributed by atoms with Gasteiger partial charge in [0.05, 0.1) is 38.5 Å². The predicted octanol–water partition coefficient (Wildman–Crippen LogP) is 4.32. The lowest BCUT2D eigenvalue weighted by Crippen LogP contribution is -2.06. The molecule has 176 valence electrons. The average molecular weight is 508 g/mol. The molecule has 0 saturated heterocycles. The molecule has 0 unspecified atom stereocenters. The number of nitrogens with zero attached hydrogens (tertiary/aromatic N) is 3. The van der Waals surface area contributed by atoms with Gasteiger partial charge in [0.15, 0.2) is 9.84 Å². The largest absolute Gasteiger partial charge is 0.478 e. The molecular formula is C24H18ClN5O4S. The van der Waals surface area contributed by atoms with Gasteiger partial charge in [0, 0.05) is 17.4 Å². The molecule has 11 heteroatoms. The van der Waals surface area contributed by atoms with E-state index >= 15 is 0 Å². The van der Waals surface area contributed by atoms with E-state index in [-0.39, 0.29) is 27.2 Å². The van der Waals surface area contributed by atoms with E-state index in [0.29, 0.717) is 22.3 Å². The highest BCUT2D eigenvalue weighted by Gasteiger charge is 2.21. The molecule has 35 heavy (non-hydrogen) atoms. The zero-order chi connectivity index (χ0) is 24.7. The summed E-state index contributed by atoms with van der Waals surface area (Å²) in [6.45, 7) is 0. The van der Waals surface area contributed by atoms with E-state index in [1.54, 1.807) is 12.1 Å². The Bertz CT molecular complexity index is 1690. The van der Waals surface area contributed by atoms with Crippen LogP contribution in [0.2, 0.25) is 5.02 Å². The third-order valence-electron chi connectivity index (χ3n) is 5.49. The Hall–Kier alpha value is -4.15. The van der Waals surface area contributed by atoms with Crippen LogP contribution in [0.1, 0.15) is 15.9 Å². The van der Waals surface area contributed by atoms with Crippen LogP contribution in [0.5, 0.6) is 0 Å². The number of rotatable bonds is 6. The van der Waals surface area contributed by atoms with Gasteiger partial charge in [-0.15, -0.1) is 0 Å². The fourth-order valence-corrected chi connectivity index (χ4v) is 5.68. The molecule has 9 nitrogen and oxygen atoms in total. The molecule has 2 aromatic heterocycles. The summed E-state index contributed by atoms with van der Waals surface area (Å²) in [5.41, 5.74) is 9.86. The number of imidazole rings is 1. The van der Waals surface area contributed by atoms with Crippen molar-refractivity contribution in [2.45, 2.75) is 10.6 Å². The summed E-state index contributed by atoms with van der Waals surface area (Å²) >= 11 is 6.34. The van der Waals surface area contributed by atoms with E-state index in [1.165, 1.54) is 29.2 Å². The summed E-state index contributed by atoms with van der Waals surface area (Å²) in [6, 6.07) is 17.5. The maximum absolute atomic E-state index is 13.2. The second-order valence-electron chi connectivity index (χ2n) is 7.88. The quantitative estimate of drug-likeness (QED) is 0.290. The molecule has 2 heterocycles. The number of hydrogen-bond acceptors (Lipinski definition) is 6. The van der Waals surface area contributed by atoms with Crippen molar-refractivity contribution in [2.75, 3.05) is 5.73 Å². The SMILES string of the molecule is Nc1ccccc1-c1ccc(CS(=O)(=O)c2cc3nc(-n4cc(C(=O)O)cn4)[nH]c3cc2Cl)cc1. The number of aromatic carboxylic acids is 1. The Kier molecular flexibility index (Phi) is 5.54. The predicted molar refractivity (Wildman–Crippen MR) is 132 cm³/mol. The lowest BCUT2D eigenvalue weighted by molar-refractivity contribution is 0.0697. The standard InChI is InChI=1S/C24H18ClN5O4S/c25-18-9-20-21(29-24(28-20)30-12-16(11-27-30)23(31)32)10-22(18)35(33,34)13-14-5-7-15(8-6-14)17-3-1-2-4-19(17)26/h1-12H,13,26H2,(H,28,29)(H,31,32). The van der Waals surface area contributed by atoms with Gasteiger partial charge in [0.25, 0.3) is 0 Å². The van der Waals surface area contributed by atoms with Crippen molar-refractivity contribution in [3.05, 3.63) is 89.2 Å². The number of aromatic nitrogens is 4. The van der Waals surface area contributed by atoms with E-state index in [2.05, 4.69) is 15.1 Å². The number of para-hydroxylation sites is 1. The topological polar surface area (TPSA) is 144 Å². The van der Waals surface area contributed by atoms with Gasteiger partial charge in [-0.2, -0.15) is 5.10 Å². The second-order valence-corrected chi connectivity index (χ2v) is 10.2. The Morgan fingerprint density at radius 1 is 1.11 bits per heavy atom. The summed E-state index contributed by atoms with van der Waals surface area (Å²) in [5, 5.41) is 13.1. The van der Waals surface area contributed by atoms with E-state index in [1.807, 2.05) is 36.4 Å².